The summed E-state index contributed by atoms with van der Waals surface area (Å²) < 4.78 is 0. The lowest BCUT2D eigenvalue weighted by molar-refractivity contribution is -0.111. The van der Waals surface area contributed by atoms with E-state index in [9.17, 15) is 9.59 Å². The van der Waals surface area contributed by atoms with Gasteiger partial charge >= 0.3 is 6.03 Å². The summed E-state index contributed by atoms with van der Waals surface area (Å²) in [6, 6.07) is 7.24. The van der Waals surface area contributed by atoms with E-state index in [2.05, 4.69) is 33.1 Å². The number of hydrogen-bond donors (Lipinski definition) is 4. The predicted molar refractivity (Wildman–Crippen MR) is 138 cm³/mol. The highest BCUT2D eigenvalue weighted by molar-refractivity contribution is 7.23. The van der Waals surface area contributed by atoms with Crippen molar-refractivity contribution in [2.24, 2.45) is 17.8 Å². The molecule has 174 valence electrons. The van der Waals surface area contributed by atoms with E-state index in [0.717, 1.165) is 17.7 Å². The van der Waals surface area contributed by atoms with Crippen molar-refractivity contribution in [2.45, 2.75) is 12.8 Å². The average Bonchev–Trinajstić information content (AvgIpc) is 3.62. The van der Waals surface area contributed by atoms with Crippen LogP contribution in [0.2, 0.25) is 0 Å². The number of urea groups is 1. The van der Waals surface area contributed by atoms with E-state index in [1.54, 1.807) is 6.08 Å². The molecule has 8 nitrogen and oxygen atoms in total. The topological polar surface area (TPSA) is 122 Å². The second kappa shape index (κ2) is 9.40. The highest BCUT2D eigenvalue weighted by atomic mass is 32.1. The average molecular weight is 493 g/mol. The fourth-order valence-electron chi connectivity index (χ4n) is 4.40. The zero-order valence-corrected chi connectivity index (χ0v) is 20.1. The third-order valence-corrected chi connectivity index (χ3v) is 8.03. The van der Waals surface area contributed by atoms with Crippen LogP contribution in [0.5, 0.6) is 0 Å². The normalized spacial score (nSPS) is 20.7. The number of carbonyl (C=O) groups is 2. The molecule has 0 saturated heterocycles. The van der Waals surface area contributed by atoms with Crippen molar-refractivity contribution in [3.63, 3.8) is 0 Å². The first-order chi connectivity index (χ1) is 16.5. The lowest BCUT2D eigenvalue weighted by atomic mass is 9.93. The van der Waals surface area contributed by atoms with Gasteiger partial charge in [-0.1, -0.05) is 41.7 Å². The van der Waals surface area contributed by atoms with Gasteiger partial charge in [0.25, 0.3) is 0 Å². The van der Waals surface area contributed by atoms with E-state index in [1.807, 2.05) is 35.7 Å². The van der Waals surface area contributed by atoms with Gasteiger partial charge in [-0.3, -0.25) is 10.1 Å². The van der Waals surface area contributed by atoms with Crippen LogP contribution in [-0.4, -0.2) is 29.0 Å². The molecule has 2 heterocycles. The number of nitrogens with one attached hydrogen (secondary N) is 3. The lowest BCUT2D eigenvalue weighted by Crippen LogP contribution is -2.24. The summed E-state index contributed by atoms with van der Waals surface area (Å²) in [5.74, 6) is 1.92. The molecule has 1 saturated carbocycles. The van der Waals surface area contributed by atoms with Crippen LogP contribution < -0.4 is 21.7 Å². The van der Waals surface area contributed by atoms with Crippen LogP contribution in [-0.2, 0) is 4.79 Å². The summed E-state index contributed by atoms with van der Waals surface area (Å²) in [7, 11) is 1.53. The third kappa shape index (κ3) is 4.73. The maximum Gasteiger partial charge on any atom is 0.320 e. The molecule has 2 aliphatic carbocycles. The van der Waals surface area contributed by atoms with E-state index >= 15 is 0 Å². The Labute approximate surface area is 205 Å². The molecule has 1 fully saturated rings. The molecule has 5 N–H and O–H groups in total. The molecular weight excluding hydrogens is 468 g/mol. The summed E-state index contributed by atoms with van der Waals surface area (Å²) in [5, 5.41) is 11.1. The molecule has 10 heteroatoms. The summed E-state index contributed by atoms with van der Waals surface area (Å²) in [4.78, 5) is 33.6. The standard InChI is InChI=1S/C24H24N6O2S2/c1-26-23(32)30-24-29-21(25)20(34-24)22-28-18(12-33-22)16-3-2-4-17(11-16)27-19(31)8-7-15-10-13-5-6-14(15)9-13/h2-8,11-15H,9-10,25H2,1H3,(H,27,31)(H2,26,29,30,32)/t13-,14+,15?/m0/s1. The lowest BCUT2D eigenvalue weighted by Gasteiger charge is -2.12. The number of hydrogen-bond acceptors (Lipinski definition) is 7. The highest BCUT2D eigenvalue weighted by Gasteiger charge is 2.33. The molecule has 0 spiro atoms. The van der Waals surface area contributed by atoms with Gasteiger partial charge in [-0.2, -0.15) is 0 Å². The van der Waals surface area contributed by atoms with Crippen molar-refractivity contribution in [3.05, 3.63) is 53.9 Å². The minimum absolute atomic E-state index is 0.128. The zero-order chi connectivity index (χ0) is 23.7. The van der Waals surface area contributed by atoms with Crippen molar-refractivity contribution in [1.29, 1.82) is 0 Å². The smallest absolute Gasteiger partial charge is 0.320 e. The molecule has 2 bridgehead atoms. The molecule has 3 atom stereocenters. The number of fused-ring (bicyclic) bond motifs is 2. The fraction of sp³-hybridized carbons (Fsp3) is 0.250. The quantitative estimate of drug-likeness (QED) is 0.286. The van der Waals surface area contributed by atoms with Gasteiger partial charge < -0.3 is 16.4 Å². The highest BCUT2D eigenvalue weighted by Crippen LogP contribution is 2.44. The van der Waals surface area contributed by atoms with Gasteiger partial charge in [-0.25, -0.2) is 14.8 Å². The number of nitrogens with zero attached hydrogens (tertiary/aromatic N) is 2. The van der Waals surface area contributed by atoms with E-state index in [0.29, 0.717) is 44.3 Å². The van der Waals surface area contributed by atoms with E-state index in [4.69, 9.17) is 10.7 Å². The fourth-order valence-corrected chi connectivity index (χ4v) is 6.21. The number of thiazole rings is 2. The third-order valence-electron chi connectivity index (χ3n) is 6.05. The molecule has 3 amide bonds. The van der Waals surface area contributed by atoms with Gasteiger partial charge in [0.15, 0.2) is 5.13 Å². The first-order valence-corrected chi connectivity index (χ1v) is 12.7. The minimum atomic E-state index is -0.360. The number of rotatable bonds is 6. The maximum atomic E-state index is 12.5. The molecule has 2 aliphatic rings. The summed E-state index contributed by atoms with van der Waals surface area (Å²) in [6.45, 7) is 0. The number of anilines is 3. The van der Waals surface area contributed by atoms with Crippen LogP contribution in [0.1, 0.15) is 12.8 Å². The number of nitrogen functional groups attached to an aromatic ring is 1. The molecule has 2 aromatic heterocycles. The SMILES string of the molecule is CNC(=O)Nc1nc(N)c(-c2nc(-c3cccc(NC(=O)C=CC4C[C@H]5C=C[C@@H]4C5)c3)cs2)s1. The molecule has 0 radical (unpaired) electrons. The Morgan fingerprint density at radius 3 is 2.82 bits per heavy atom. The summed E-state index contributed by atoms with van der Waals surface area (Å²) in [5.41, 5.74) is 8.42. The van der Waals surface area contributed by atoms with Crippen molar-refractivity contribution in [1.82, 2.24) is 15.3 Å². The number of allylic oxidation sites excluding steroid dienone is 3. The van der Waals surface area contributed by atoms with Crippen molar-refractivity contribution >= 4 is 51.2 Å². The number of benzene rings is 1. The maximum absolute atomic E-state index is 12.5. The number of carbonyl (C=O) groups excluding carboxylic acids is 2. The van der Waals surface area contributed by atoms with Gasteiger partial charge in [0.05, 0.1) is 5.69 Å². The molecule has 3 aromatic rings. The zero-order valence-electron chi connectivity index (χ0n) is 18.4. The van der Waals surface area contributed by atoms with Crippen molar-refractivity contribution < 1.29 is 9.59 Å². The van der Waals surface area contributed by atoms with Crippen LogP contribution in [0.4, 0.5) is 21.4 Å². The minimum Gasteiger partial charge on any atom is -0.382 e. The number of aromatic nitrogens is 2. The summed E-state index contributed by atoms with van der Waals surface area (Å²) >= 11 is 2.71. The molecule has 0 aliphatic heterocycles. The van der Waals surface area contributed by atoms with Gasteiger partial charge in [0.2, 0.25) is 5.91 Å². The Kier molecular flexibility index (Phi) is 6.16. The second-order valence-corrected chi connectivity index (χ2v) is 10.2. The van der Waals surface area contributed by atoms with Crippen molar-refractivity contribution in [2.75, 3.05) is 23.4 Å². The molecule has 1 unspecified atom stereocenters. The van der Waals surface area contributed by atoms with E-state index < -0.39 is 0 Å². The second-order valence-electron chi connectivity index (χ2n) is 8.35. The Hall–Kier alpha value is -3.50. The first kappa shape index (κ1) is 22.3. The number of amides is 3. The Morgan fingerprint density at radius 1 is 1.18 bits per heavy atom. The molecular formula is C24H24N6O2S2. The van der Waals surface area contributed by atoms with Crippen LogP contribution >= 0.6 is 22.7 Å². The largest absolute Gasteiger partial charge is 0.382 e. The predicted octanol–water partition coefficient (Wildman–Crippen LogP) is 4.97. The van der Waals surface area contributed by atoms with Gasteiger partial charge in [0, 0.05) is 23.7 Å². The van der Waals surface area contributed by atoms with Crippen molar-refractivity contribution in [3.8, 4) is 21.1 Å². The van der Waals surface area contributed by atoms with E-state index in [1.165, 1.54) is 36.1 Å². The van der Waals surface area contributed by atoms with E-state index in [-0.39, 0.29) is 11.9 Å². The van der Waals surface area contributed by atoms with Gasteiger partial charge in [-0.15, -0.1) is 11.3 Å². The Bertz CT molecular complexity index is 1290. The van der Waals surface area contributed by atoms with Gasteiger partial charge in [0.1, 0.15) is 15.7 Å². The Morgan fingerprint density at radius 2 is 2.06 bits per heavy atom. The number of nitrogens with two attached hydrogens (primary N) is 1. The molecule has 5 rings (SSSR count). The van der Waals surface area contributed by atoms with Crippen LogP contribution in [0.15, 0.2) is 53.9 Å². The van der Waals surface area contributed by atoms with Crippen LogP contribution in [0.25, 0.3) is 21.1 Å². The summed E-state index contributed by atoms with van der Waals surface area (Å²) in [6.07, 6.45) is 10.6. The monoisotopic (exact) mass is 492 g/mol. The van der Waals surface area contributed by atoms with Gasteiger partial charge in [-0.05, 0) is 48.8 Å². The van der Waals surface area contributed by atoms with Crippen LogP contribution in [0.3, 0.4) is 0 Å². The molecule has 34 heavy (non-hydrogen) atoms. The first-order valence-electron chi connectivity index (χ1n) is 11.0. The molecule has 1 aromatic carbocycles. The Balaban J connectivity index is 1.26. The van der Waals surface area contributed by atoms with Crippen LogP contribution in [0, 0.1) is 17.8 Å².